The van der Waals surface area contributed by atoms with Crippen LogP contribution in [0.2, 0.25) is 0 Å². The van der Waals surface area contributed by atoms with Crippen molar-refractivity contribution in [2.45, 2.75) is 6.92 Å². The molecule has 1 N–H and O–H groups in total. The second-order valence-electron chi connectivity index (χ2n) is 4.84. The van der Waals surface area contributed by atoms with Crippen molar-refractivity contribution in [2.24, 2.45) is 0 Å². The van der Waals surface area contributed by atoms with Gasteiger partial charge in [0.2, 0.25) is 11.9 Å². The fourth-order valence-electron chi connectivity index (χ4n) is 1.85. The largest absolute Gasteiger partial charge is 0.357 e. The summed E-state index contributed by atoms with van der Waals surface area (Å²) < 4.78 is 0. The van der Waals surface area contributed by atoms with Crippen LogP contribution in [0, 0.1) is 6.92 Å². The van der Waals surface area contributed by atoms with Crippen LogP contribution in [0.25, 0.3) is 10.2 Å². The quantitative estimate of drug-likeness (QED) is 0.927. The van der Waals surface area contributed by atoms with E-state index in [1.165, 1.54) is 4.88 Å². The number of hydrogen-bond acceptors (Lipinski definition) is 6. The topological polar surface area (TPSA) is 61.4 Å². The van der Waals surface area contributed by atoms with Gasteiger partial charge in [0.05, 0.1) is 11.9 Å². The van der Waals surface area contributed by atoms with Crippen LogP contribution < -0.4 is 10.2 Å². The minimum atomic E-state index is 0.0391. The Morgan fingerprint density at radius 3 is 2.65 bits per heavy atom. The smallest absolute Gasteiger partial charge is 0.241 e. The minimum absolute atomic E-state index is 0.0391. The van der Waals surface area contributed by atoms with Crippen molar-refractivity contribution in [1.82, 2.24) is 14.9 Å². The molecule has 2 aromatic rings. The lowest BCUT2D eigenvalue weighted by atomic mass is 10.3. The number of nitrogens with zero attached hydrogens (tertiary/aromatic N) is 4. The number of rotatable bonds is 4. The second-order valence-corrected chi connectivity index (χ2v) is 6.08. The van der Waals surface area contributed by atoms with Crippen molar-refractivity contribution >= 4 is 39.2 Å². The van der Waals surface area contributed by atoms with Gasteiger partial charge < -0.3 is 15.1 Å². The number of aromatic nitrogens is 2. The van der Waals surface area contributed by atoms with E-state index in [0.717, 1.165) is 16.0 Å². The summed E-state index contributed by atoms with van der Waals surface area (Å²) in [5.74, 6) is 1.38. The van der Waals surface area contributed by atoms with Gasteiger partial charge in [-0.2, -0.15) is 4.98 Å². The summed E-state index contributed by atoms with van der Waals surface area (Å²) in [5, 5.41) is 3.95. The average molecular weight is 293 g/mol. The first-order valence-corrected chi connectivity index (χ1v) is 7.11. The molecule has 0 atom stereocenters. The number of aryl methyl sites for hydroxylation is 1. The molecule has 2 aromatic heterocycles. The number of carbonyl (C=O) groups excluding carboxylic acids is 1. The summed E-state index contributed by atoms with van der Waals surface area (Å²) in [6, 6.07) is 2.06. The van der Waals surface area contributed by atoms with Gasteiger partial charge in [0.15, 0.2) is 0 Å². The molecular formula is C13H19N5OS. The fraction of sp³-hybridized carbons (Fsp3) is 0.462. The van der Waals surface area contributed by atoms with Gasteiger partial charge in [-0.1, -0.05) is 0 Å². The predicted octanol–water partition coefficient (Wildman–Crippen LogP) is 1.57. The van der Waals surface area contributed by atoms with Gasteiger partial charge in [0.25, 0.3) is 0 Å². The van der Waals surface area contributed by atoms with Crippen molar-refractivity contribution in [2.75, 3.05) is 45.0 Å². The number of anilines is 2. The molecule has 0 saturated carbocycles. The number of likely N-dealkylation sites (N-methyl/N-ethyl adjacent to an activating group) is 2. The third-order valence-electron chi connectivity index (χ3n) is 2.95. The zero-order valence-corrected chi connectivity index (χ0v) is 13.2. The van der Waals surface area contributed by atoms with Gasteiger partial charge in [-0.25, -0.2) is 4.98 Å². The van der Waals surface area contributed by atoms with Crippen LogP contribution >= 0.6 is 11.3 Å². The highest BCUT2D eigenvalue weighted by atomic mass is 32.1. The Labute approximate surface area is 122 Å². The first-order chi connectivity index (χ1) is 9.42. The van der Waals surface area contributed by atoms with E-state index in [1.54, 1.807) is 37.4 Å². The van der Waals surface area contributed by atoms with E-state index < -0.39 is 0 Å². The van der Waals surface area contributed by atoms with Crippen LogP contribution in [0.3, 0.4) is 0 Å². The summed E-state index contributed by atoms with van der Waals surface area (Å²) in [5.41, 5.74) is 0. The van der Waals surface area contributed by atoms with Crippen molar-refractivity contribution in [3.05, 3.63) is 10.9 Å². The Morgan fingerprint density at radius 2 is 2.05 bits per heavy atom. The van der Waals surface area contributed by atoms with Gasteiger partial charge in [-0.05, 0) is 13.0 Å². The lowest BCUT2D eigenvalue weighted by Crippen LogP contribution is -2.34. The lowest BCUT2D eigenvalue weighted by molar-refractivity contribution is -0.127. The molecule has 1 amide bonds. The van der Waals surface area contributed by atoms with E-state index in [0.29, 0.717) is 5.95 Å². The monoisotopic (exact) mass is 293 g/mol. The minimum Gasteiger partial charge on any atom is -0.357 e. The summed E-state index contributed by atoms with van der Waals surface area (Å²) >= 11 is 1.63. The molecule has 0 aromatic carbocycles. The Kier molecular flexibility index (Phi) is 4.08. The highest BCUT2D eigenvalue weighted by Gasteiger charge is 2.16. The van der Waals surface area contributed by atoms with E-state index in [9.17, 15) is 4.79 Å². The third-order valence-corrected chi connectivity index (χ3v) is 3.90. The zero-order chi connectivity index (χ0) is 14.9. The molecule has 7 heteroatoms. The van der Waals surface area contributed by atoms with E-state index in [-0.39, 0.29) is 12.5 Å². The van der Waals surface area contributed by atoms with Gasteiger partial charge in [-0.15, -0.1) is 11.3 Å². The van der Waals surface area contributed by atoms with Crippen molar-refractivity contribution in [3.8, 4) is 0 Å². The van der Waals surface area contributed by atoms with Crippen LogP contribution in [-0.2, 0) is 4.79 Å². The Bertz CT molecular complexity index is 637. The first kappa shape index (κ1) is 14.5. The molecule has 0 aliphatic heterocycles. The van der Waals surface area contributed by atoms with Crippen LogP contribution in [-0.4, -0.2) is 55.5 Å². The predicted molar refractivity (Wildman–Crippen MR) is 83.7 cm³/mol. The number of hydrogen-bond donors (Lipinski definition) is 1. The summed E-state index contributed by atoms with van der Waals surface area (Å²) in [6.07, 6.45) is 0. The van der Waals surface area contributed by atoms with E-state index >= 15 is 0 Å². The first-order valence-electron chi connectivity index (χ1n) is 6.29. The SMILES string of the molecule is CNc1nc(N(C)CC(=O)N(C)C)c2cc(C)sc2n1. The van der Waals surface area contributed by atoms with E-state index in [2.05, 4.69) is 21.4 Å². The van der Waals surface area contributed by atoms with Crippen LogP contribution in [0.15, 0.2) is 6.07 Å². The van der Waals surface area contributed by atoms with Gasteiger partial charge in [0.1, 0.15) is 10.6 Å². The highest BCUT2D eigenvalue weighted by molar-refractivity contribution is 7.18. The molecule has 0 aliphatic carbocycles. The third kappa shape index (κ3) is 2.82. The van der Waals surface area contributed by atoms with Gasteiger partial charge >= 0.3 is 0 Å². The molecule has 2 heterocycles. The average Bonchev–Trinajstić information content (AvgIpc) is 2.76. The van der Waals surface area contributed by atoms with Crippen LogP contribution in [0.1, 0.15) is 4.88 Å². The fourth-order valence-corrected chi connectivity index (χ4v) is 2.72. The van der Waals surface area contributed by atoms with Crippen molar-refractivity contribution in [1.29, 1.82) is 0 Å². The van der Waals surface area contributed by atoms with Crippen LogP contribution in [0.5, 0.6) is 0 Å². The number of carbonyl (C=O) groups is 1. The van der Waals surface area contributed by atoms with E-state index in [1.807, 2.05) is 18.9 Å². The molecule has 20 heavy (non-hydrogen) atoms. The maximum absolute atomic E-state index is 11.9. The summed E-state index contributed by atoms with van der Waals surface area (Å²) in [6.45, 7) is 2.33. The molecule has 0 aliphatic rings. The van der Waals surface area contributed by atoms with Crippen molar-refractivity contribution < 1.29 is 4.79 Å². The molecule has 0 fully saturated rings. The van der Waals surface area contributed by atoms with Gasteiger partial charge in [0, 0.05) is 33.1 Å². The highest BCUT2D eigenvalue weighted by Crippen LogP contribution is 2.31. The second kappa shape index (κ2) is 5.62. The molecule has 6 nitrogen and oxygen atoms in total. The van der Waals surface area contributed by atoms with Crippen molar-refractivity contribution in [3.63, 3.8) is 0 Å². The summed E-state index contributed by atoms with van der Waals surface area (Å²) in [4.78, 5) is 26.3. The molecule has 0 saturated heterocycles. The zero-order valence-electron chi connectivity index (χ0n) is 12.4. The standard InChI is InChI=1S/C13H19N5OS/c1-8-6-9-11(18(5)7-10(19)17(3)4)15-13(14-2)16-12(9)20-8/h6H,7H2,1-5H3,(H,14,15,16). The molecular weight excluding hydrogens is 274 g/mol. The molecule has 0 spiro atoms. The maximum Gasteiger partial charge on any atom is 0.241 e. The lowest BCUT2D eigenvalue weighted by Gasteiger charge is -2.21. The molecule has 2 rings (SSSR count). The summed E-state index contributed by atoms with van der Waals surface area (Å²) in [7, 11) is 7.16. The Morgan fingerprint density at radius 1 is 1.35 bits per heavy atom. The Hall–Kier alpha value is -1.89. The molecule has 0 bridgehead atoms. The molecule has 0 unspecified atom stereocenters. The molecule has 108 valence electrons. The molecule has 0 radical (unpaired) electrons. The Balaban J connectivity index is 2.43. The van der Waals surface area contributed by atoms with Crippen LogP contribution in [0.4, 0.5) is 11.8 Å². The maximum atomic E-state index is 11.9. The number of fused-ring (bicyclic) bond motifs is 1. The normalized spacial score (nSPS) is 10.7. The number of amides is 1. The number of nitrogens with one attached hydrogen (secondary N) is 1. The number of thiophene rings is 1. The van der Waals surface area contributed by atoms with Gasteiger partial charge in [-0.3, -0.25) is 4.79 Å². The van der Waals surface area contributed by atoms with E-state index in [4.69, 9.17) is 0 Å².